The molecule has 1 aliphatic heterocycles. The molecule has 3 aromatic rings. The Morgan fingerprint density at radius 1 is 1.30 bits per heavy atom. The topological polar surface area (TPSA) is 87.5 Å². The zero-order chi connectivity index (χ0) is 18.8. The highest BCUT2D eigenvalue weighted by atomic mass is 32.1. The predicted octanol–water partition coefficient (Wildman–Crippen LogP) is 2.16. The van der Waals surface area contributed by atoms with Crippen LogP contribution < -0.4 is 5.32 Å². The van der Waals surface area contributed by atoms with Gasteiger partial charge >= 0.3 is 0 Å². The third-order valence-corrected chi connectivity index (χ3v) is 5.40. The van der Waals surface area contributed by atoms with E-state index >= 15 is 0 Å². The fraction of sp³-hybridized carbons (Fsp3) is 0.211. The lowest BCUT2D eigenvalue weighted by Crippen LogP contribution is -2.46. The van der Waals surface area contributed by atoms with E-state index in [1.54, 1.807) is 40.9 Å². The Balaban J connectivity index is 1.53. The lowest BCUT2D eigenvalue weighted by Gasteiger charge is -2.33. The van der Waals surface area contributed by atoms with Crippen LogP contribution in [0.25, 0.3) is 0 Å². The van der Waals surface area contributed by atoms with E-state index in [4.69, 9.17) is 0 Å². The number of phenolic OH excluding ortho intramolecular Hbond substituents is 1. The summed E-state index contributed by atoms with van der Waals surface area (Å²) in [6.07, 6.45) is 3.29. The van der Waals surface area contributed by atoms with Crippen molar-refractivity contribution in [3.63, 3.8) is 0 Å². The Labute approximate surface area is 159 Å². The van der Waals surface area contributed by atoms with Gasteiger partial charge in [0.2, 0.25) is 5.91 Å². The van der Waals surface area contributed by atoms with Gasteiger partial charge in [-0.25, -0.2) is 4.98 Å². The van der Waals surface area contributed by atoms with Crippen LogP contribution >= 0.6 is 11.3 Å². The second-order valence-corrected chi connectivity index (χ2v) is 7.37. The minimum atomic E-state index is -0.544. The van der Waals surface area contributed by atoms with Crippen LogP contribution in [0.2, 0.25) is 0 Å². The number of carbonyl (C=O) groups excluding carboxylic acids is 2. The molecular formula is C19H18N4O3S. The van der Waals surface area contributed by atoms with Crippen LogP contribution in [-0.2, 0) is 17.9 Å². The molecule has 1 atom stereocenters. The molecule has 0 aliphatic carbocycles. The quantitative estimate of drug-likeness (QED) is 0.724. The first-order valence-electron chi connectivity index (χ1n) is 8.51. The number of amides is 2. The molecule has 2 aromatic heterocycles. The monoisotopic (exact) mass is 382 g/mol. The number of aromatic nitrogens is 2. The largest absolute Gasteiger partial charge is 0.508 e. The van der Waals surface area contributed by atoms with Crippen molar-refractivity contribution in [3.05, 3.63) is 70.4 Å². The van der Waals surface area contributed by atoms with Gasteiger partial charge in [-0.15, -0.1) is 11.3 Å². The third-order valence-electron chi connectivity index (χ3n) is 4.53. The summed E-state index contributed by atoms with van der Waals surface area (Å²) in [5, 5.41) is 14.5. The van der Waals surface area contributed by atoms with Crippen molar-refractivity contribution in [2.24, 2.45) is 0 Å². The van der Waals surface area contributed by atoms with Crippen LogP contribution in [0.4, 0.5) is 0 Å². The molecule has 138 valence electrons. The summed E-state index contributed by atoms with van der Waals surface area (Å²) in [7, 11) is 0. The number of nitrogens with one attached hydrogen (secondary N) is 1. The minimum Gasteiger partial charge on any atom is -0.508 e. The number of fused-ring (bicyclic) bond motifs is 1. The molecule has 2 amide bonds. The molecule has 27 heavy (non-hydrogen) atoms. The van der Waals surface area contributed by atoms with Gasteiger partial charge in [-0.05, 0) is 29.6 Å². The SMILES string of the molecule is O=C(NCc1cccs1)[C@@H]1CN(C(=O)c2cccc(O)c2)Cc2cncn21. The van der Waals surface area contributed by atoms with Gasteiger partial charge in [0, 0.05) is 16.6 Å². The normalized spacial score (nSPS) is 16.0. The average molecular weight is 382 g/mol. The number of rotatable bonds is 4. The summed E-state index contributed by atoms with van der Waals surface area (Å²) < 4.78 is 1.82. The molecule has 0 radical (unpaired) electrons. The standard InChI is InChI=1S/C19H18N4O3S/c24-15-4-1-3-13(7-15)19(26)22-10-14-8-20-12-23(14)17(11-22)18(25)21-9-16-5-2-6-27-16/h1-8,12,17,24H,9-11H2,(H,21,25)/t17-/m0/s1. The number of hydrogen-bond donors (Lipinski definition) is 2. The van der Waals surface area contributed by atoms with Crippen LogP contribution in [-0.4, -0.2) is 37.9 Å². The van der Waals surface area contributed by atoms with Gasteiger partial charge in [-0.2, -0.15) is 0 Å². The van der Waals surface area contributed by atoms with Gasteiger partial charge in [-0.1, -0.05) is 12.1 Å². The number of phenols is 1. The van der Waals surface area contributed by atoms with Gasteiger partial charge in [0.05, 0.1) is 31.7 Å². The second-order valence-electron chi connectivity index (χ2n) is 6.34. The van der Waals surface area contributed by atoms with E-state index in [0.29, 0.717) is 18.7 Å². The number of imidazole rings is 1. The zero-order valence-corrected chi connectivity index (χ0v) is 15.2. The summed E-state index contributed by atoms with van der Waals surface area (Å²) in [5.74, 6) is -0.349. The number of hydrogen-bond acceptors (Lipinski definition) is 5. The van der Waals surface area contributed by atoms with E-state index in [2.05, 4.69) is 10.3 Å². The number of benzene rings is 1. The van der Waals surface area contributed by atoms with Gasteiger partial charge < -0.3 is 19.9 Å². The molecule has 7 nitrogen and oxygen atoms in total. The van der Waals surface area contributed by atoms with Gasteiger partial charge in [0.25, 0.3) is 5.91 Å². The number of nitrogens with zero attached hydrogens (tertiary/aromatic N) is 3. The molecule has 0 saturated carbocycles. The molecule has 8 heteroatoms. The molecule has 0 bridgehead atoms. The van der Waals surface area contributed by atoms with Crippen molar-refractivity contribution < 1.29 is 14.7 Å². The Morgan fingerprint density at radius 2 is 2.19 bits per heavy atom. The Bertz CT molecular complexity index is 967. The number of thiophene rings is 1. The van der Waals surface area contributed by atoms with Crippen molar-refractivity contribution in [2.45, 2.75) is 19.1 Å². The van der Waals surface area contributed by atoms with Crippen molar-refractivity contribution >= 4 is 23.2 Å². The average Bonchev–Trinajstić information content (AvgIpc) is 3.36. The number of carbonyl (C=O) groups is 2. The molecule has 1 aliphatic rings. The second kappa shape index (κ2) is 7.24. The highest BCUT2D eigenvalue weighted by Crippen LogP contribution is 2.24. The molecular weight excluding hydrogens is 364 g/mol. The van der Waals surface area contributed by atoms with Gasteiger partial charge in [0.1, 0.15) is 11.8 Å². The van der Waals surface area contributed by atoms with Crippen LogP contribution in [0.3, 0.4) is 0 Å². The highest BCUT2D eigenvalue weighted by molar-refractivity contribution is 7.09. The molecule has 2 N–H and O–H groups in total. The van der Waals surface area contributed by atoms with Crippen LogP contribution in [0.1, 0.15) is 27.0 Å². The summed E-state index contributed by atoms with van der Waals surface area (Å²) in [4.78, 5) is 32.4. The van der Waals surface area contributed by atoms with Gasteiger partial charge in [-0.3, -0.25) is 9.59 Å². The molecule has 0 spiro atoms. The lowest BCUT2D eigenvalue weighted by atomic mass is 10.1. The van der Waals surface area contributed by atoms with Gasteiger partial charge in [0.15, 0.2) is 0 Å². The van der Waals surface area contributed by atoms with Crippen LogP contribution in [0, 0.1) is 0 Å². The maximum atomic E-state index is 12.9. The fourth-order valence-corrected chi connectivity index (χ4v) is 3.83. The first kappa shape index (κ1) is 17.3. The Hall–Kier alpha value is -3.13. The zero-order valence-electron chi connectivity index (χ0n) is 14.4. The molecule has 3 heterocycles. The maximum absolute atomic E-state index is 12.9. The minimum absolute atomic E-state index is 0.0353. The first-order valence-corrected chi connectivity index (χ1v) is 9.39. The molecule has 4 rings (SSSR count). The van der Waals surface area contributed by atoms with Crippen molar-refractivity contribution in [1.82, 2.24) is 19.8 Å². The molecule has 0 fully saturated rings. The third kappa shape index (κ3) is 3.56. The predicted molar refractivity (Wildman–Crippen MR) is 100 cm³/mol. The maximum Gasteiger partial charge on any atom is 0.254 e. The molecule has 0 saturated heterocycles. The van der Waals surface area contributed by atoms with E-state index in [9.17, 15) is 14.7 Å². The smallest absolute Gasteiger partial charge is 0.254 e. The highest BCUT2D eigenvalue weighted by Gasteiger charge is 2.32. The van der Waals surface area contributed by atoms with Crippen LogP contribution in [0.5, 0.6) is 5.75 Å². The summed E-state index contributed by atoms with van der Waals surface area (Å²) >= 11 is 1.58. The number of aromatic hydroxyl groups is 1. The molecule has 0 unspecified atom stereocenters. The molecule has 1 aromatic carbocycles. The van der Waals surface area contributed by atoms with Crippen LogP contribution in [0.15, 0.2) is 54.3 Å². The van der Waals surface area contributed by atoms with E-state index < -0.39 is 6.04 Å². The van der Waals surface area contributed by atoms with E-state index in [1.165, 1.54) is 12.1 Å². The summed E-state index contributed by atoms with van der Waals surface area (Å²) in [5.41, 5.74) is 1.19. The Morgan fingerprint density at radius 3 is 2.96 bits per heavy atom. The van der Waals surface area contributed by atoms with Crippen molar-refractivity contribution in [3.8, 4) is 5.75 Å². The van der Waals surface area contributed by atoms with Crippen molar-refractivity contribution in [2.75, 3.05) is 6.54 Å². The van der Waals surface area contributed by atoms with Crippen molar-refractivity contribution in [1.29, 1.82) is 0 Å². The fourth-order valence-electron chi connectivity index (χ4n) is 3.18. The lowest BCUT2D eigenvalue weighted by molar-refractivity contribution is -0.125. The van der Waals surface area contributed by atoms with E-state index in [1.807, 2.05) is 22.1 Å². The first-order chi connectivity index (χ1) is 13.1. The Kier molecular flexibility index (Phi) is 4.64. The van der Waals surface area contributed by atoms with E-state index in [0.717, 1.165) is 10.6 Å². The summed E-state index contributed by atoms with van der Waals surface area (Å²) in [6.45, 7) is 1.06. The summed E-state index contributed by atoms with van der Waals surface area (Å²) in [6, 6.07) is 9.59. The van der Waals surface area contributed by atoms with E-state index in [-0.39, 0.29) is 24.1 Å².